The summed E-state index contributed by atoms with van der Waals surface area (Å²) in [5.74, 6) is -7.22. The number of Topliss-reactive ketones (excluding diaryl/α,β-unsaturated/α-hetero) is 1. The van der Waals surface area contributed by atoms with Crippen LogP contribution in [0.25, 0.3) is 0 Å². The van der Waals surface area contributed by atoms with Crippen LogP contribution in [0.1, 0.15) is 144 Å². The molecule has 1 aromatic carbocycles. The molecule has 0 aliphatic carbocycles. The molecule has 6 rings (SSSR count). The number of carbonyl (C=O) groups is 3. The SMILES string of the molecule is CC[C@@H](C(=O)[C@@H](C)[C@@H](O)[C@H](C)[C@@H]1O[C@@H]([C@@H](CC)C(=O)[O-])CC[C@@H]1C)[C@H]1O[C@@]2(C=C[C@@H](OC(=O)c3ccccc3)[C@@]3(CC[C@@](C)([C@H]4CC[C@](O)(CC)[C@H](C)O4)O3)O2)[C@H](C)C[C@@H]1C.[Na+]. The van der Waals surface area contributed by atoms with Crippen LogP contribution >= 0.6 is 0 Å². The molecule has 0 amide bonds. The molecule has 62 heavy (non-hydrogen) atoms. The number of rotatable bonds is 14. The molecule has 0 aromatic heterocycles. The van der Waals surface area contributed by atoms with Gasteiger partial charge in [-0.3, -0.25) is 4.79 Å². The van der Waals surface area contributed by atoms with Crippen LogP contribution in [0.5, 0.6) is 0 Å². The number of carboxylic acid groups (broad SMARTS) is 1. The fraction of sp³-hybridized carbons (Fsp3) is 0.776. The molecule has 2 N–H and O–H groups in total. The molecule has 5 aliphatic heterocycles. The fourth-order valence-electron chi connectivity index (χ4n) is 11.3. The molecular weight excluding hydrogens is 804 g/mol. The summed E-state index contributed by atoms with van der Waals surface area (Å²) in [4.78, 5) is 40.2. The minimum absolute atomic E-state index is 0. The second kappa shape index (κ2) is 20.4. The number of esters is 1. The van der Waals surface area contributed by atoms with E-state index in [2.05, 4.69) is 13.8 Å². The van der Waals surface area contributed by atoms with Gasteiger partial charge in [0, 0.05) is 42.0 Å². The Hall–Kier alpha value is -1.71. The second-order valence-electron chi connectivity index (χ2n) is 19.6. The van der Waals surface area contributed by atoms with Crippen molar-refractivity contribution >= 4 is 17.7 Å². The number of carboxylic acids is 1. The van der Waals surface area contributed by atoms with Crippen LogP contribution in [-0.4, -0.2) is 93.4 Å². The normalized spacial score (nSPS) is 40.8. The maximum atomic E-state index is 14.7. The van der Waals surface area contributed by atoms with Gasteiger partial charge in [-0.15, -0.1) is 0 Å². The van der Waals surface area contributed by atoms with Crippen LogP contribution in [0.4, 0.5) is 0 Å². The van der Waals surface area contributed by atoms with Crippen LogP contribution < -0.4 is 34.7 Å². The molecule has 18 atom stereocenters. The van der Waals surface area contributed by atoms with Gasteiger partial charge in [-0.25, -0.2) is 4.79 Å². The van der Waals surface area contributed by atoms with E-state index in [1.807, 2.05) is 66.7 Å². The van der Waals surface area contributed by atoms with Crippen molar-refractivity contribution in [2.24, 2.45) is 41.4 Å². The van der Waals surface area contributed by atoms with Crippen LogP contribution in [0.2, 0.25) is 0 Å². The van der Waals surface area contributed by atoms with Gasteiger partial charge < -0.3 is 48.5 Å². The Morgan fingerprint density at radius 1 is 0.887 bits per heavy atom. The predicted molar refractivity (Wildman–Crippen MR) is 226 cm³/mol. The van der Waals surface area contributed by atoms with Crippen molar-refractivity contribution in [3.8, 4) is 0 Å². The Morgan fingerprint density at radius 2 is 1.56 bits per heavy atom. The van der Waals surface area contributed by atoms with E-state index in [9.17, 15) is 29.7 Å². The number of aliphatic hydroxyl groups is 2. The molecule has 342 valence electrons. The number of benzene rings is 1. The van der Waals surface area contributed by atoms with Crippen molar-refractivity contribution in [2.45, 2.75) is 199 Å². The first-order chi connectivity index (χ1) is 28.8. The van der Waals surface area contributed by atoms with Crippen molar-refractivity contribution in [1.29, 1.82) is 0 Å². The maximum Gasteiger partial charge on any atom is 1.00 e. The average molecular weight is 877 g/mol. The van der Waals surface area contributed by atoms with E-state index in [1.54, 1.807) is 31.2 Å². The van der Waals surface area contributed by atoms with E-state index in [0.717, 1.165) is 6.42 Å². The Morgan fingerprint density at radius 3 is 2.18 bits per heavy atom. The van der Waals surface area contributed by atoms with Gasteiger partial charge in [-0.2, -0.15) is 0 Å². The fourth-order valence-corrected chi connectivity index (χ4v) is 11.3. The van der Waals surface area contributed by atoms with Gasteiger partial charge in [-0.1, -0.05) is 73.6 Å². The van der Waals surface area contributed by atoms with Crippen molar-refractivity contribution in [3.05, 3.63) is 48.0 Å². The monoisotopic (exact) mass is 876 g/mol. The Labute approximate surface area is 391 Å². The van der Waals surface area contributed by atoms with Crippen LogP contribution in [-0.2, 0) is 38.0 Å². The number of aliphatic hydroxyl groups excluding tert-OH is 1. The van der Waals surface area contributed by atoms with Gasteiger partial charge in [0.05, 0.1) is 53.4 Å². The zero-order valence-electron chi connectivity index (χ0n) is 39.2. The summed E-state index contributed by atoms with van der Waals surface area (Å²) < 4.78 is 40.6. The van der Waals surface area contributed by atoms with Crippen LogP contribution in [0.3, 0.4) is 0 Å². The summed E-state index contributed by atoms with van der Waals surface area (Å²) in [6, 6.07) is 8.80. The molecule has 2 spiro atoms. The average Bonchev–Trinajstić information content (AvgIpc) is 3.58. The zero-order chi connectivity index (χ0) is 44.7. The van der Waals surface area contributed by atoms with Gasteiger partial charge in [0.1, 0.15) is 5.78 Å². The predicted octanol–water partition coefficient (Wildman–Crippen LogP) is 3.72. The summed E-state index contributed by atoms with van der Waals surface area (Å²) in [7, 11) is 0. The van der Waals surface area contributed by atoms with Crippen LogP contribution in [0, 0.1) is 41.4 Å². The third-order valence-corrected chi connectivity index (χ3v) is 15.7. The van der Waals surface area contributed by atoms with Gasteiger partial charge in [-0.05, 0) is 108 Å². The summed E-state index contributed by atoms with van der Waals surface area (Å²) in [5, 5.41) is 35.0. The maximum absolute atomic E-state index is 14.7. The first-order valence-corrected chi connectivity index (χ1v) is 23.3. The van der Waals surface area contributed by atoms with E-state index >= 15 is 0 Å². The van der Waals surface area contributed by atoms with Gasteiger partial charge in [0.15, 0.2) is 11.9 Å². The summed E-state index contributed by atoms with van der Waals surface area (Å²) in [6.07, 6.45) is 4.90. The Kier molecular flexibility index (Phi) is 16.9. The first kappa shape index (κ1) is 51.3. The van der Waals surface area contributed by atoms with E-state index in [0.29, 0.717) is 63.4 Å². The van der Waals surface area contributed by atoms with E-state index in [-0.39, 0.29) is 59.2 Å². The molecule has 0 saturated carbocycles. The molecule has 4 fully saturated rings. The topological polar surface area (TPSA) is 170 Å². The summed E-state index contributed by atoms with van der Waals surface area (Å²) in [5.41, 5.74) is -1.37. The molecular formula is C49H73NaO12. The quantitative estimate of drug-likeness (QED) is 0.158. The summed E-state index contributed by atoms with van der Waals surface area (Å²) >= 11 is 0. The number of hydrogen-bond donors (Lipinski definition) is 2. The molecule has 12 nitrogen and oxygen atoms in total. The van der Waals surface area contributed by atoms with E-state index in [1.165, 1.54) is 0 Å². The molecule has 1 aromatic rings. The van der Waals surface area contributed by atoms with E-state index in [4.69, 9.17) is 28.4 Å². The number of carbonyl (C=O) groups excluding carboxylic acids is 3. The first-order valence-electron chi connectivity index (χ1n) is 23.3. The molecule has 0 bridgehead atoms. The number of ether oxygens (including phenoxy) is 6. The van der Waals surface area contributed by atoms with Crippen molar-refractivity contribution in [1.82, 2.24) is 0 Å². The zero-order valence-corrected chi connectivity index (χ0v) is 41.2. The second-order valence-corrected chi connectivity index (χ2v) is 19.6. The third-order valence-electron chi connectivity index (χ3n) is 15.7. The standard InChI is InChI=1S/C49H74O12.Na/c1-11-35(44(52)53)37-20-19-28(4)42(57-37)32(8)40(50)31(7)41(51)36(12-2)43-29(5)27-30(6)48(59-43)24-22-39(58-45(54)34-17-15-14-16-18-34)49(61-48)26-25-46(10,60-49)38-21-23-47(55,13-3)33(9)56-38;/h14-18,22,24,28-33,35-40,42-43,50,55H,11-13,19-21,23,25-27H2,1-10H3,(H,52,53);/q;+1/p-1/t28-,29-,30+,31-,32-,33-,35+,36-,37+,38+,39+,40+,42+,43-,46-,47+,48+,49+;/m0./s1. The largest absolute Gasteiger partial charge is 1.00 e. The Bertz CT molecular complexity index is 1730. The molecule has 5 aliphatic rings. The van der Waals surface area contributed by atoms with Gasteiger partial charge in [0.2, 0.25) is 5.79 Å². The molecule has 5 heterocycles. The van der Waals surface area contributed by atoms with Gasteiger partial charge >= 0.3 is 35.5 Å². The summed E-state index contributed by atoms with van der Waals surface area (Å²) in [6.45, 7) is 19.5. The van der Waals surface area contributed by atoms with Crippen molar-refractivity contribution in [2.75, 3.05) is 0 Å². The molecule has 0 radical (unpaired) electrons. The number of ketones is 1. The third kappa shape index (κ3) is 10.0. The molecule has 4 saturated heterocycles. The minimum Gasteiger partial charge on any atom is -0.550 e. The van der Waals surface area contributed by atoms with E-state index < -0.39 is 95.0 Å². The Balaban J connectivity index is 0.00000726. The van der Waals surface area contributed by atoms with Gasteiger partial charge in [0.25, 0.3) is 0 Å². The molecule has 0 unspecified atom stereocenters. The van der Waals surface area contributed by atoms with Crippen molar-refractivity contribution in [3.63, 3.8) is 0 Å². The van der Waals surface area contributed by atoms with Crippen molar-refractivity contribution < 1.29 is 87.7 Å². The molecule has 13 heteroatoms. The number of hydrogen-bond acceptors (Lipinski definition) is 12. The van der Waals surface area contributed by atoms with Crippen LogP contribution in [0.15, 0.2) is 42.5 Å². The number of aliphatic carboxylic acids is 1. The smallest absolute Gasteiger partial charge is 0.550 e. The minimum atomic E-state index is -1.45.